The molecule has 23 heavy (non-hydrogen) atoms. The molecule has 2 unspecified atom stereocenters. The van der Waals surface area contributed by atoms with Gasteiger partial charge in [-0.3, -0.25) is 4.79 Å². The van der Waals surface area contributed by atoms with Crippen molar-refractivity contribution >= 4 is 11.6 Å². The first kappa shape index (κ1) is 19.5. The van der Waals surface area contributed by atoms with Gasteiger partial charge in [-0.2, -0.15) is 0 Å². The number of anilines is 1. The van der Waals surface area contributed by atoms with Gasteiger partial charge in [0.15, 0.2) is 0 Å². The average molecular weight is 322 g/mol. The highest BCUT2D eigenvalue weighted by molar-refractivity contribution is 5.91. The first-order valence-electron chi connectivity index (χ1n) is 8.07. The van der Waals surface area contributed by atoms with Gasteiger partial charge in [-0.15, -0.1) is 0 Å². The van der Waals surface area contributed by atoms with Gasteiger partial charge >= 0.3 is 0 Å². The molecule has 1 amide bonds. The van der Waals surface area contributed by atoms with Crippen molar-refractivity contribution in [2.24, 2.45) is 5.41 Å². The number of carbonyl (C=O) groups is 1. The van der Waals surface area contributed by atoms with Gasteiger partial charge in [0, 0.05) is 30.8 Å². The average Bonchev–Trinajstić information content (AvgIpc) is 2.44. The number of amides is 1. The van der Waals surface area contributed by atoms with Gasteiger partial charge in [0.1, 0.15) is 5.75 Å². The van der Waals surface area contributed by atoms with Crippen molar-refractivity contribution in [1.82, 2.24) is 5.32 Å². The third-order valence-corrected chi connectivity index (χ3v) is 3.62. The molecular weight excluding hydrogens is 292 g/mol. The molecule has 1 aromatic carbocycles. The number of methoxy groups -OCH3 is 1. The lowest BCUT2D eigenvalue weighted by Gasteiger charge is -2.28. The molecule has 0 spiro atoms. The van der Waals surface area contributed by atoms with Crippen LogP contribution in [0, 0.1) is 5.41 Å². The third kappa shape index (κ3) is 8.00. The van der Waals surface area contributed by atoms with Crippen molar-refractivity contribution in [2.45, 2.75) is 52.7 Å². The summed E-state index contributed by atoms with van der Waals surface area (Å²) in [4.78, 5) is 12.1. The van der Waals surface area contributed by atoms with Crippen molar-refractivity contribution in [3.8, 4) is 5.75 Å². The maximum absolute atomic E-state index is 12.1. The summed E-state index contributed by atoms with van der Waals surface area (Å²) in [5, 5.41) is 15.8. The molecule has 0 saturated carbocycles. The molecule has 1 aromatic rings. The number of nitrogens with one attached hydrogen (secondary N) is 2. The molecule has 130 valence electrons. The molecule has 5 nitrogen and oxygen atoms in total. The summed E-state index contributed by atoms with van der Waals surface area (Å²) < 4.78 is 5.14. The molecule has 3 N–H and O–H groups in total. The van der Waals surface area contributed by atoms with Gasteiger partial charge in [0.25, 0.3) is 0 Å². The lowest BCUT2D eigenvalue weighted by atomic mass is 9.86. The Hall–Kier alpha value is -1.59. The Morgan fingerprint density at radius 2 is 2.04 bits per heavy atom. The summed E-state index contributed by atoms with van der Waals surface area (Å²) in [6, 6.07) is 7.37. The minimum absolute atomic E-state index is 0.00824. The van der Waals surface area contributed by atoms with Gasteiger partial charge in [-0.25, -0.2) is 0 Å². The fraction of sp³-hybridized carbons (Fsp3) is 0.611. The Labute approximate surface area is 139 Å². The van der Waals surface area contributed by atoms with Crippen molar-refractivity contribution in [3.63, 3.8) is 0 Å². The van der Waals surface area contributed by atoms with Crippen LogP contribution in [0.4, 0.5) is 5.69 Å². The van der Waals surface area contributed by atoms with E-state index in [0.717, 1.165) is 18.7 Å². The molecular formula is C18H30N2O3. The molecule has 1 rings (SSSR count). The molecule has 5 heteroatoms. The number of aliphatic hydroxyl groups is 1. The lowest BCUT2D eigenvalue weighted by molar-refractivity contribution is -0.116. The van der Waals surface area contributed by atoms with Crippen LogP contribution in [0.5, 0.6) is 5.75 Å². The van der Waals surface area contributed by atoms with Crippen molar-refractivity contribution < 1.29 is 14.6 Å². The largest absolute Gasteiger partial charge is 0.497 e. The number of rotatable bonds is 9. The van der Waals surface area contributed by atoms with Gasteiger partial charge in [0.05, 0.1) is 13.2 Å². The third-order valence-electron chi connectivity index (χ3n) is 3.62. The number of hydrogen-bond donors (Lipinski definition) is 3. The normalized spacial score (nSPS) is 14.2. The van der Waals surface area contributed by atoms with E-state index < -0.39 is 0 Å². The molecule has 0 fully saturated rings. The Kier molecular flexibility index (Phi) is 7.52. The van der Waals surface area contributed by atoms with E-state index in [1.54, 1.807) is 20.1 Å². The predicted octanol–water partition coefficient (Wildman–Crippen LogP) is 2.80. The Balaban J connectivity index is 2.41. The molecule has 0 aliphatic heterocycles. The van der Waals surface area contributed by atoms with Gasteiger partial charge in [0.2, 0.25) is 5.91 Å². The maximum atomic E-state index is 12.1. The van der Waals surface area contributed by atoms with E-state index >= 15 is 0 Å². The van der Waals surface area contributed by atoms with Crippen LogP contribution in [0.2, 0.25) is 0 Å². The Bertz CT molecular complexity index is 501. The fourth-order valence-electron chi connectivity index (χ4n) is 2.59. The second-order valence-electron chi connectivity index (χ2n) is 6.98. The van der Waals surface area contributed by atoms with Gasteiger partial charge in [-0.1, -0.05) is 19.9 Å². The highest BCUT2D eigenvalue weighted by Gasteiger charge is 2.21. The highest BCUT2D eigenvalue weighted by Crippen LogP contribution is 2.21. The minimum Gasteiger partial charge on any atom is -0.497 e. The van der Waals surface area contributed by atoms with E-state index in [9.17, 15) is 9.90 Å². The van der Waals surface area contributed by atoms with E-state index in [2.05, 4.69) is 24.5 Å². The zero-order chi connectivity index (χ0) is 17.5. The van der Waals surface area contributed by atoms with E-state index in [1.165, 1.54) is 0 Å². The van der Waals surface area contributed by atoms with E-state index in [4.69, 9.17) is 4.74 Å². The molecule has 0 aromatic heterocycles. The van der Waals surface area contributed by atoms with Crippen LogP contribution in [0.1, 0.15) is 40.5 Å². The van der Waals surface area contributed by atoms with Crippen LogP contribution in [0.15, 0.2) is 24.3 Å². The van der Waals surface area contributed by atoms with E-state index in [1.807, 2.05) is 25.1 Å². The second kappa shape index (κ2) is 8.89. The van der Waals surface area contributed by atoms with Crippen molar-refractivity contribution in [3.05, 3.63) is 24.3 Å². The van der Waals surface area contributed by atoms with Crippen LogP contribution >= 0.6 is 0 Å². The van der Waals surface area contributed by atoms with Crippen molar-refractivity contribution in [1.29, 1.82) is 0 Å². The first-order chi connectivity index (χ1) is 10.7. The summed E-state index contributed by atoms with van der Waals surface area (Å²) in [5.41, 5.74) is 0.724. The zero-order valence-electron chi connectivity index (χ0n) is 14.8. The number of benzene rings is 1. The maximum Gasteiger partial charge on any atom is 0.225 e. The molecule has 0 heterocycles. The number of aliphatic hydroxyl groups excluding tert-OH is 1. The summed E-state index contributed by atoms with van der Waals surface area (Å²) in [5.74, 6) is 0.681. The summed E-state index contributed by atoms with van der Waals surface area (Å²) in [6.45, 7) is 8.76. The number of ether oxygens (including phenoxy) is 1. The Morgan fingerprint density at radius 1 is 1.35 bits per heavy atom. The molecule has 0 saturated heterocycles. The van der Waals surface area contributed by atoms with Crippen LogP contribution in [-0.4, -0.2) is 36.8 Å². The zero-order valence-corrected chi connectivity index (χ0v) is 14.8. The van der Waals surface area contributed by atoms with Crippen LogP contribution in [0.3, 0.4) is 0 Å². The number of carbonyl (C=O) groups excluding carboxylic acids is 1. The first-order valence-corrected chi connectivity index (χ1v) is 8.07. The molecule has 0 bridgehead atoms. The molecule has 0 aliphatic carbocycles. The monoisotopic (exact) mass is 322 g/mol. The SMILES string of the molecule is COc1cccc(NC(=O)CC(C)NCC(C)(C)CC(C)O)c1. The van der Waals surface area contributed by atoms with Gasteiger partial charge in [-0.05, 0) is 37.8 Å². The lowest BCUT2D eigenvalue weighted by Crippen LogP contribution is -2.38. The fourth-order valence-corrected chi connectivity index (χ4v) is 2.59. The molecule has 0 radical (unpaired) electrons. The van der Waals surface area contributed by atoms with Crippen LogP contribution in [0.25, 0.3) is 0 Å². The second-order valence-corrected chi connectivity index (χ2v) is 6.98. The van der Waals surface area contributed by atoms with Crippen molar-refractivity contribution in [2.75, 3.05) is 19.0 Å². The molecule has 2 atom stereocenters. The predicted molar refractivity (Wildman–Crippen MR) is 93.8 cm³/mol. The van der Waals surface area contributed by atoms with Gasteiger partial charge < -0.3 is 20.5 Å². The molecule has 0 aliphatic rings. The van der Waals surface area contributed by atoms with Crippen LogP contribution in [-0.2, 0) is 4.79 Å². The summed E-state index contributed by atoms with van der Waals surface area (Å²) >= 11 is 0. The van der Waals surface area contributed by atoms with Crippen LogP contribution < -0.4 is 15.4 Å². The van der Waals surface area contributed by atoms with E-state index in [0.29, 0.717) is 12.2 Å². The number of hydrogen-bond acceptors (Lipinski definition) is 4. The highest BCUT2D eigenvalue weighted by atomic mass is 16.5. The Morgan fingerprint density at radius 3 is 2.65 bits per heavy atom. The summed E-state index contributed by atoms with van der Waals surface area (Å²) in [6.07, 6.45) is 0.795. The summed E-state index contributed by atoms with van der Waals surface area (Å²) in [7, 11) is 1.60. The van der Waals surface area contributed by atoms with E-state index in [-0.39, 0.29) is 23.5 Å². The standard InChI is InChI=1S/C18H30N2O3/c1-13(19-12-18(3,4)11-14(2)21)9-17(22)20-15-7-6-8-16(10-15)23-5/h6-8,10,13-14,19,21H,9,11-12H2,1-5H3,(H,20,22). The topological polar surface area (TPSA) is 70.6 Å². The minimum atomic E-state index is -0.321. The smallest absolute Gasteiger partial charge is 0.225 e. The quantitative estimate of drug-likeness (QED) is 0.654.